The molecule has 0 spiro atoms. The molecule has 68 valence electrons. The lowest BCUT2D eigenvalue weighted by molar-refractivity contribution is 0.295. The average molecular weight is 154 g/mol. The second-order valence-electron chi connectivity index (χ2n) is 1.04. The maximum absolute atomic E-state index is 7.88. The minimum atomic E-state index is 0. The summed E-state index contributed by atoms with van der Waals surface area (Å²) in [5.74, 6) is 0. The maximum Gasteiger partial charge on any atom is 0.0428 e. The fourth-order valence-corrected chi connectivity index (χ4v) is 0. The van der Waals surface area contributed by atoms with E-state index in [0.29, 0.717) is 6.61 Å². The van der Waals surface area contributed by atoms with Crippen LogP contribution in [0, 0.1) is 0 Å². The zero-order valence-corrected chi connectivity index (χ0v) is 6.46. The van der Waals surface area contributed by atoms with Crippen LogP contribution in [0.25, 0.3) is 0 Å². The maximum atomic E-state index is 7.88. The Balaban J connectivity index is -0.0000000273. The highest BCUT2D eigenvalue weighted by Crippen LogP contribution is 1.61. The van der Waals surface area contributed by atoms with Crippen molar-refractivity contribution >= 4 is 0 Å². The first-order valence-electron chi connectivity index (χ1n) is 2.99. The zero-order valence-electron chi connectivity index (χ0n) is 6.46. The highest BCUT2D eigenvalue weighted by atomic mass is 16.3. The monoisotopic (exact) mass is 154 g/mol. The molecule has 0 radical (unpaired) electrons. The van der Waals surface area contributed by atoms with Gasteiger partial charge in [0, 0.05) is 20.3 Å². The molecule has 0 atom stereocenters. The Bertz CT molecular complexity index is 16.3. The van der Waals surface area contributed by atoms with Gasteiger partial charge in [-0.15, -0.1) is 0 Å². The van der Waals surface area contributed by atoms with Gasteiger partial charge in [0.15, 0.2) is 0 Å². The van der Waals surface area contributed by atoms with Crippen molar-refractivity contribution in [2.75, 3.05) is 20.3 Å². The van der Waals surface area contributed by atoms with Gasteiger partial charge < -0.3 is 15.3 Å². The Hall–Kier alpha value is -0.120. The fraction of sp³-hybridized carbons (Fsp3) is 1.00. The molecule has 0 heterocycles. The third-order valence-electron chi connectivity index (χ3n) is 0.224. The van der Waals surface area contributed by atoms with Gasteiger partial charge in [0.2, 0.25) is 0 Å². The van der Waals surface area contributed by atoms with Crippen LogP contribution in [0.15, 0.2) is 0 Å². The Morgan fingerprint density at radius 3 is 1.10 bits per heavy atom. The normalized spacial score (nSPS) is 5.40. The summed E-state index contributed by atoms with van der Waals surface area (Å²) in [5.41, 5.74) is 0. The van der Waals surface area contributed by atoms with E-state index in [0.717, 1.165) is 13.5 Å². The molecule has 3 N–H and O–H groups in total. The SMILES string of the molecule is C.CCCO.CCO.CO. The molecular formula is C7H22O3. The average Bonchev–Trinajstić information content (AvgIpc) is 1.94. The van der Waals surface area contributed by atoms with Gasteiger partial charge in [-0.05, 0) is 13.3 Å². The largest absolute Gasteiger partial charge is 0.400 e. The van der Waals surface area contributed by atoms with Crippen molar-refractivity contribution in [1.29, 1.82) is 0 Å². The highest BCUT2D eigenvalue weighted by molar-refractivity contribution is 4.10. The molecule has 0 aliphatic rings. The van der Waals surface area contributed by atoms with E-state index in [1.165, 1.54) is 0 Å². The molecule has 0 aliphatic carbocycles. The summed E-state index contributed by atoms with van der Waals surface area (Å²) in [6.07, 6.45) is 0.875. The number of rotatable bonds is 1. The summed E-state index contributed by atoms with van der Waals surface area (Å²) in [5, 5.41) is 22.4. The van der Waals surface area contributed by atoms with Crippen molar-refractivity contribution in [3.05, 3.63) is 0 Å². The number of aliphatic hydroxyl groups is 3. The Labute approximate surface area is 64.3 Å². The molecule has 0 unspecified atom stereocenters. The van der Waals surface area contributed by atoms with Crippen molar-refractivity contribution in [1.82, 2.24) is 0 Å². The van der Waals surface area contributed by atoms with E-state index in [1.54, 1.807) is 6.92 Å². The minimum Gasteiger partial charge on any atom is -0.400 e. The van der Waals surface area contributed by atoms with Crippen LogP contribution in [0.5, 0.6) is 0 Å². The van der Waals surface area contributed by atoms with Gasteiger partial charge in [-0.3, -0.25) is 0 Å². The van der Waals surface area contributed by atoms with Crippen LogP contribution in [0.3, 0.4) is 0 Å². The van der Waals surface area contributed by atoms with Crippen LogP contribution in [0.4, 0.5) is 0 Å². The highest BCUT2D eigenvalue weighted by Gasteiger charge is 1.57. The van der Waals surface area contributed by atoms with E-state index in [-0.39, 0.29) is 14.0 Å². The number of hydrogen-bond acceptors (Lipinski definition) is 3. The van der Waals surface area contributed by atoms with E-state index in [2.05, 4.69) is 0 Å². The van der Waals surface area contributed by atoms with Crippen molar-refractivity contribution in [2.45, 2.75) is 27.7 Å². The molecule has 0 rings (SSSR count). The van der Waals surface area contributed by atoms with Crippen LogP contribution in [-0.2, 0) is 0 Å². The quantitative estimate of drug-likeness (QED) is 0.519. The van der Waals surface area contributed by atoms with Crippen LogP contribution in [0.1, 0.15) is 27.7 Å². The standard InChI is InChI=1S/C3H8O.C2H6O.CH4O.CH4/c1-2-3-4;1-2-3;1-2;/h4H,2-3H2,1H3;3H,2H2,1H3;2H,1H3;1H4. The van der Waals surface area contributed by atoms with Crippen molar-refractivity contribution < 1.29 is 15.3 Å². The molecule has 0 amide bonds. The first-order chi connectivity index (χ1) is 4.33. The molecular weight excluding hydrogens is 132 g/mol. The second kappa shape index (κ2) is 66.5. The number of hydrogen-bond donors (Lipinski definition) is 3. The molecule has 10 heavy (non-hydrogen) atoms. The Kier molecular flexibility index (Phi) is 150. The second-order valence-corrected chi connectivity index (χ2v) is 1.04. The summed E-state index contributed by atoms with van der Waals surface area (Å²) in [6.45, 7) is 4.18. The summed E-state index contributed by atoms with van der Waals surface area (Å²) in [6, 6.07) is 0. The first-order valence-corrected chi connectivity index (χ1v) is 2.99. The van der Waals surface area contributed by atoms with Gasteiger partial charge in [-0.2, -0.15) is 0 Å². The van der Waals surface area contributed by atoms with Gasteiger partial charge in [0.05, 0.1) is 0 Å². The third kappa shape index (κ3) is 482. The predicted molar refractivity (Wildman–Crippen MR) is 45.0 cm³/mol. The van der Waals surface area contributed by atoms with Crippen molar-refractivity contribution in [3.63, 3.8) is 0 Å². The van der Waals surface area contributed by atoms with E-state index in [1.807, 2.05) is 6.92 Å². The van der Waals surface area contributed by atoms with Gasteiger partial charge in [-0.25, -0.2) is 0 Å². The lowest BCUT2D eigenvalue weighted by atomic mass is 10.5. The summed E-state index contributed by atoms with van der Waals surface area (Å²) < 4.78 is 0. The van der Waals surface area contributed by atoms with E-state index < -0.39 is 0 Å². The third-order valence-corrected chi connectivity index (χ3v) is 0.224. The van der Waals surface area contributed by atoms with Crippen LogP contribution in [0.2, 0.25) is 0 Å². The molecule has 0 saturated heterocycles. The fourth-order valence-electron chi connectivity index (χ4n) is 0. The predicted octanol–water partition coefficient (Wildman–Crippen LogP) is 0.632. The Morgan fingerprint density at radius 2 is 1.10 bits per heavy atom. The van der Waals surface area contributed by atoms with Gasteiger partial charge in [0.1, 0.15) is 0 Å². The van der Waals surface area contributed by atoms with E-state index in [9.17, 15) is 0 Å². The molecule has 0 saturated carbocycles. The molecule has 0 aliphatic heterocycles. The van der Waals surface area contributed by atoms with E-state index in [4.69, 9.17) is 15.3 Å². The van der Waals surface area contributed by atoms with Crippen molar-refractivity contribution in [2.24, 2.45) is 0 Å². The first kappa shape index (κ1) is 22.5. The topological polar surface area (TPSA) is 60.7 Å². The van der Waals surface area contributed by atoms with Gasteiger partial charge in [-0.1, -0.05) is 14.4 Å². The van der Waals surface area contributed by atoms with Gasteiger partial charge >= 0.3 is 0 Å². The van der Waals surface area contributed by atoms with Crippen LogP contribution < -0.4 is 0 Å². The summed E-state index contributed by atoms with van der Waals surface area (Å²) in [4.78, 5) is 0. The molecule has 3 nitrogen and oxygen atoms in total. The minimum absolute atomic E-state index is 0. The Morgan fingerprint density at radius 1 is 1.00 bits per heavy atom. The van der Waals surface area contributed by atoms with Gasteiger partial charge in [0.25, 0.3) is 0 Å². The lowest BCUT2D eigenvalue weighted by Crippen LogP contribution is -1.69. The van der Waals surface area contributed by atoms with Crippen LogP contribution in [-0.4, -0.2) is 35.6 Å². The van der Waals surface area contributed by atoms with Crippen molar-refractivity contribution in [3.8, 4) is 0 Å². The molecule has 3 heteroatoms. The summed E-state index contributed by atoms with van der Waals surface area (Å²) in [7, 11) is 1.00. The summed E-state index contributed by atoms with van der Waals surface area (Å²) >= 11 is 0. The number of aliphatic hydroxyl groups excluding tert-OH is 3. The molecule has 0 aromatic heterocycles. The zero-order chi connectivity index (χ0) is 8.12. The molecule has 0 bridgehead atoms. The lowest BCUT2D eigenvalue weighted by Gasteiger charge is -1.69. The molecule has 0 fully saturated rings. The smallest absolute Gasteiger partial charge is 0.0428 e. The molecule has 0 aromatic rings. The molecule has 0 aromatic carbocycles. The van der Waals surface area contributed by atoms with Crippen LogP contribution >= 0.6 is 0 Å². The van der Waals surface area contributed by atoms with E-state index >= 15 is 0 Å².